The molecule has 0 aliphatic heterocycles. The molecule has 0 atom stereocenters. The number of fused-ring (bicyclic) bond motifs is 1. The fraction of sp³-hybridized carbons (Fsp3) is 0.174. The first-order chi connectivity index (χ1) is 16.4. The van der Waals surface area contributed by atoms with E-state index in [0.717, 1.165) is 5.69 Å². The van der Waals surface area contributed by atoms with Crippen LogP contribution < -0.4 is 25.4 Å². The highest BCUT2D eigenvalue weighted by Gasteiger charge is 2.19. The molecule has 4 aromatic rings. The number of rotatable bonds is 7. The van der Waals surface area contributed by atoms with Crippen LogP contribution in [0.5, 0.6) is 23.4 Å². The number of H-pyrrole nitrogens is 1. The standard InChI is InChI=1S/C23H23N9O2/c1-4-18-28-19-20(29-18)30-23(34-16-8-6-5-7-14(16)27-22(25)26)31-21(19)33-17-11-13(12-24)9-10-15(17)32(2)3/h5-11H,4H2,1-3H3,(H4,25,26,27)(H,28,29,30,31). The largest absolute Gasteiger partial charge is 0.435 e. The van der Waals surface area contributed by atoms with Gasteiger partial charge in [0.1, 0.15) is 5.82 Å². The number of aryl methyl sites for hydroxylation is 1. The Kier molecular flexibility index (Phi) is 6.13. The molecule has 4 rings (SSSR count). The molecule has 0 saturated heterocycles. The number of ether oxygens (including phenoxy) is 2. The van der Waals surface area contributed by atoms with Gasteiger partial charge in [-0.25, -0.2) is 4.98 Å². The lowest BCUT2D eigenvalue weighted by atomic mass is 10.2. The van der Waals surface area contributed by atoms with Gasteiger partial charge >= 0.3 is 6.01 Å². The molecule has 0 radical (unpaired) electrons. The van der Waals surface area contributed by atoms with E-state index >= 15 is 0 Å². The minimum Gasteiger partial charge on any atom is -0.435 e. The van der Waals surface area contributed by atoms with Gasteiger partial charge in [0.15, 0.2) is 28.6 Å². The van der Waals surface area contributed by atoms with Gasteiger partial charge in [-0.1, -0.05) is 19.1 Å². The first kappa shape index (κ1) is 22.3. The van der Waals surface area contributed by atoms with Crippen molar-refractivity contribution >= 4 is 28.5 Å². The second kappa shape index (κ2) is 9.33. The lowest BCUT2D eigenvalue weighted by Gasteiger charge is -2.17. The van der Waals surface area contributed by atoms with Gasteiger partial charge in [-0.05, 0) is 24.3 Å². The summed E-state index contributed by atoms with van der Waals surface area (Å²) in [6.45, 7) is 1.97. The monoisotopic (exact) mass is 457 g/mol. The summed E-state index contributed by atoms with van der Waals surface area (Å²) in [4.78, 5) is 18.5. The maximum atomic E-state index is 9.35. The molecule has 0 fully saturated rings. The molecule has 2 aromatic heterocycles. The molecule has 34 heavy (non-hydrogen) atoms. The van der Waals surface area contributed by atoms with Gasteiger partial charge in [0.2, 0.25) is 0 Å². The molecule has 0 aliphatic carbocycles. The number of nitrogens with two attached hydrogens (primary N) is 1. The Morgan fingerprint density at radius 1 is 1.15 bits per heavy atom. The maximum Gasteiger partial charge on any atom is 0.327 e. The van der Waals surface area contributed by atoms with Crippen molar-refractivity contribution in [1.29, 1.82) is 10.7 Å². The van der Waals surface area contributed by atoms with Crippen LogP contribution in [0.15, 0.2) is 42.5 Å². The summed E-state index contributed by atoms with van der Waals surface area (Å²) in [5.74, 6) is 1.47. The van der Waals surface area contributed by atoms with Crippen LogP contribution in [0.3, 0.4) is 0 Å². The SMILES string of the molecule is CCc1nc2c(Oc3cc(C#N)ccc3N(C)C)nc(Oc3ccccc3NC(=N)N)nc2[nH]1. The summed E-state index contributed by atoms with van der Waals surface area (Å²) in [7, 11) is 3.75. The van der Waals surface area contributed by atoms with Gasteiger partial charge in [-0.2, -0.15) is 15.2 Å². The Morgan fingerprint density at radius 3 is 2.65 bits per heavy atom. The molecular weight excluding hydrogens is 434 g/mol. The smallest absolute Gasteiger partial charge is 0.327 e. The van der Waals surface area contributed by atoms with E-state index in [0.29, 0.717) is 46.2 Å². The summed E-state index contributed by atoms with van der Waals surface area (Å²) in [5, 5.41) is 19.6. The predicted octanol–water partition coefficient (Wildman–Crippen LogP) is 3.74. The average molecular weight is 457 g/mol. The summed E-state index contributed by atoms with van der Waals surface area (Å²) < 4.78 is 12.1. The van der Waals surface area contributed by atoms with Crippen LogP contribution in [0, 0.1) is 16.7 Å². The van der Waals surface area contributed by atoms with Crippen LogP contribution >= 0.6 is 0 Å². The van der Waals surface area contributed by atoms with Crippen LogP contribution in [-0.2, 0) is 6.42 Å². The highest BCUT2D eigenvalue weighted by molar-refractivity contribution is 5.91. The Morgan fingerprint density at radius 2 is 1.94 bits per heavy atom. The molecule has 0 saturated carbocycles. The highest BCUT2D eigenvalue weighted by Crippen LogP contribution is 2.36. The van der Waals surface area contributed by atoms with Crippen molar-refractivity contribution in [3.05, 3.63) is 53.9 Å². The fourth-order valence-corrected chi connectivity index (χ4v) is 3.23. The Bertz CT molecular complexity index is 1410. The van der Waals surface area contributed by atoms with Crippen molar-refractivity contribution in [3.63, 3.8) is 0 Å². The minimum absolute atomic E-state index is 0.00875. The van der Waals surface area contributed by atoms with Gasteiger partial charge in [-0.15, -0.1) is 0 Å². The number of hydrogen-bond acceptors (Lipinski definition) is 8. The van der Waals surface area contributed by atoms with Crippen molar-refractivity contribution in [1.82, 2.24) is 19.9 Å². The van der Waals surface area contributed by atoms with Gasteiger partial charge in [-0.3, -0.25) is 5.41 Å². The second-order valence-corrected chi connectivity index (χ2v) is 7.47. The zero-order valence-corrected chi connectivity index (χ0v) is 18.9. The quantitative estimate of drug-likeness (QED) is 0.239. The zero-order chi connectivity index (χ0) is 24.2. The molecule has 172 valence electrons. The van der Waals surface area contributed by atoms with Crippen LogP contribution in [0.25, 0.3) is 11.2 Å². The van der Waals surface area contributed by atoms with Crippen LogP contribution in [-0.4, -0.2) is 40.0 Å². The zero-order valence-electron chi connectivity index (χ0n) is 18.9. The molecule has 2 aromatic carbocycles. The van der Waals surface area contributed by atoms with Gasteiger partial charge in [0.25, 0.3) is 5.88 Å². The van der Waals surface area contributed by atoms with Crippen molar-refractivity contribution in [3.8, 4) is 29.5 Å². The van der Waals surface area contributed by atoms with Crippen molar-refractivity contribution < 1.29 is 9.47 Å². The number of hydrogen-bond donors (Lipinski definition) is 4. The number of benzene rings is 2. The van der Waals surface area contributed by atoms with E-state index in [1.165, 1.54) is 0 Å². The summed E-state index contributed by atoms with van der Waals surface area (Å²) in [5.41, 5.74) is 8.04. The Balaban J connectivity index is 1.80. The van der Waals surface area contributed by atoms with E-state index in [4.69, 9.17) is 20.6 Å². The third-order valence-corrected chi connectivity index (χ3v) is 4.81. The molecule has 2 heterocycles. The van der Waals surface area contributed by atoms with E-state index in [1.54, 1.807) is 42.5 Å². The van der Waals surface area contributed by atoms with Crippen molar-refractivity contribution in [2.75, 3.05) is 24.3 Å². The molecule has 0 amide bonds. The molecule has 0 aliphatic rings. The normalized spacial score (nSPS) is 10.5. The van der Waals surface area contributed by atoms with E-state index in [9.17, 15) is 5.26 Å². The first-order valence-electron chi connectivity index (χ1n) is 10.4. The van der Waals surface area contributed by atoms with Crippen LogP contribution in [0.4, 0.5) is 11.4 Å². The number of nitriles is 1. The predicted molar refractivity (Wildman–Crippen MR) is 129 cm³/mol. The number of para-hydroxylation sites is 2. The van der Waals surface area contributed by atoms with Gasteiger partial charge in [0.05, 0.1) is 23.0 Å². The second-order valence-electron chi connectivity index (χ2n) is 7.47. The lowest BCUT2D eigenvalue weighted by Crippen LogP contribution is -2.20. The Hall–Kier alpha value is -4.85. The van der Waals surface area contributed by atoms with Crippen LogP contribution in [0.2, 0.25) is 0 Å². The number of nitrogens with zero attached hydrogens (tertiary/aromatic N) is 5. The molecule has 0 bridgehead atoms. The highest BCUT2D eigenvalue weighted by atomic mass is 16.5. The third kappa shape index (κ3) is 4.66. The van der Waals surface area contributed by atoms with Crippen molar-refractivity contribution in [2.24, 2.45) is 5.73 Å². The molecule has 0 unspecified atom stereocenters. The van der Waals surface area contributed by atoms with E-state index in [1.807, 2.05) is 25.9 Å². The van der Waals surface area contributed by atoms with E-state index in [2.05, 4.69) is 31.3 Å². The minimum atomic E-state index is -0.230. The third-order valence-electron chi connectivity index (χ3n) is 4.81. The molecular formula is C23H23N9O2. The van der Waals surface area contributed by atoms with Crippen LogP contribution in [0.1, 0.15) is 18.3 Å². The van der Waals surface area contributed by atoms with Gasteiger partial charge < -0.3 is 30.4 Å². The Labute approximate surface area is 195 Å². The maximum absolute atomic E-state index is 9.35. The van der Waals surface area contributed by atoms with E-state index in [-0.39, 0.29) is 17.9 Å². The molecule has 11 heteroatoms. The number of guanidine groups is 1. The first-order valence-corrected chi connectivity index (χ1v) is 10.4. The molecule has 0 spiro atoms. The topological polar surface area (TPSA) is 162 Å². The van der Waals surface area contributed by atoms with Gasteiger partial charge in [0, 0.05) is 26.6 Å². The summed E-state index contributed by atoms with van der Waals surface area (Å²) in [6, 6.07) is 14.3. The lowest BCUT2D eigenvalue weighted by molar-refractivity contribution is 0.418. The summed E-state index contributed by atoms with van der Waals surface area (Å²) >= 11 is 0. The number of aromatic amines is 1. The fourth-order valence-electron chi connectivity index (χ4n) is 3.23. The average Bonchev–Trinajstić information content (AvgIpc) is 3.23. The molecule has 5 N–H and O–H groups in total. The van der Waals surface area contributed by atoms with E-state index < -0.39 is 0 Å². The number of anilines is 2. The number of imidazole rings is 1. The number of nitrogens with one attached hydrogen (secondary N) is 3. The van der Waals surface area contributed by atoms with Crippen molar-refractivity contribution in [2.45, 2.75) is 13.3 Å². The molecule has 11 nitrogen and oxygen atoms in total. The number of aromatic nitrogens is 4. The summed E-state index contributed by atoms with van der Waals surface area (Å²) in [6.07, 6.45) is 0.657.